The van der Waals surface area contributed by atoms with Crippen LogP contribution in [0.2, 0.25) is 0 Å². The molecule has 1 saturated carbocycles. The van der Waals surface area contributed by atoms with Crippen LogP contribution in [0, 0.1) is 5.92 Å². The van der Waals surface area contributed by atoms with Crippen molar-refractivity contribution in [2.24, 2.45) is 5.92 Å². The van der Waals surface area contributed by atoms with Crippen molar-refractivity contribution in [1.29, 1.82) is 0 Å². The summed E-state index contributed by atoms with van der Waals surface area (Å²) in [6.45, 7) is 5.45. The molecule has 3 atom stereocenters. The molecule has 3 heteroatoms. The van der Waals surface area contributed by atoms with Crippen molar-refractivity contribution < 1.29 is 9.47 Å². The van der Waals surface area contributed by atoms with E-state index in [1.165, 1.54) is 31.2 Å². The second-order valence-corrected chi connectivity index (χ2v) is 6.52. The summed E-state index contributed by atoms with van der Waals surface area (Å²) < 4.78 is 11.9. The van der Waals surface area contributed by atoms with Crippen LogP contribution in [0.4, 0.5) is 0 Å². The summed E-state index contributed by atoms with van der Waals surface area (Å²) in [5.41, 5.74) is 1.30. The normalized spacial score (nSPS) is 31.0. The molecule has 0 radical (unpaired) electrons. The fourth-order valence-corrected chi connectivity index (χ4v) is 4.03. The Hall–Kier alpha value is -1.22. The Bertz CT molecular complexity index is 502. The Kier molecular flexibility index (Phi) is 4.12. The molecule has 1 aliphatic carbocycles. The molecule has 116 valence electrons. The number of benzene rings is 1. The Morgan fingerprint density at radius 2 is 2.19 bits per heavy atom. The minimum atomic E-state index is 0.0507. The summed E-state index contributed by atoms with van der Waals surface area (Å²) in [7, 11) is 1.72. The molecule has 0 aromatic heterocycles. The van der Waals surface area contributed by atoms with Crippen molar-refractivity contribution in [2.45, 2.75) is 57.6 Å². The summed E-state index contributed by atoms with van der Waals surface area (Å²) in [6.07, 6.45) is 6.06. The Labute approximate surface area is 128 Å². The molecular weight excluding hydrogens is 262 g/mol. The van der Waals surface area contributed by atoms with Gasteiger partial charge in [0.2, 0.25) is 0 Å². The second kappa shape index (κ2) is 5.88. The lowest BCUT2D eigenvalue weighted by atomic mass is 9.85. The van der Waals surface area contributed by atoms with Gasteiger partial charge in [-0.2, -0.15) is 0 Å². The van der Waals surface area contributed by atoms with Gasteiger partial charge in [0.25, 0.3) is 0 Å². The van der Waals surface area contributed by atoms with Crippen molar-refractivity contribution in [3.05, 3.63) is 23.8 Å². The first-order chi connectivity index (χ1) is 10.2. The molecule has 3 nitrogen and oxygen atoms in total. The molecule has 0 bridgehead atoms. The lowest BCUT2D eigenvalue weighted by Gasteiger charge is -2.40. The second-order valence-electron chi connectivity index (χ2n) is 6.52. The smallest absolute Gasteiger partial charge is 0.125 e. The Balaban J connectivity index is 1.91. The van der Waals surface area contributed by atoms with E-state index in [-0.39, 0.29) is 5.60 Å². The van der Waals surface area contributed by atoms with Crippen LogP contribution in [0.25, 0.3) is 0 Å². The van der Waals surface area contributed by atoms with Crippen LogP contribution in [-0.2, 0) is 0 Å². The molecule has 0 amide bonds. The van der Waals surface area contributed by atoms with E-state index in [9.17, 15) is 0 Å². The van der Waals surface area contributed by atoms with Gasteiger partial charge in [-0.3, -0.25) is 0 Å². The van der Waals surface area contributed by atoms with Crippen molar-refractivity contribution in [2.75, 3.05) is 13.7 Å². The number of ether oxygens (including phenoxy) is 2. The van der Waals surface area contributed by atoms with Crippen molar-refractivity contribution in [1.82, 2.24) is 5.32 Å². The van der Waals surface area contributed by atoms with Gasteiger partial charge in [0.05, 0.1) is 7.11 Å². The van der Waals surface area contributed by atoms with Crippen LogP contribution in [0.15, 0.2) is 18.2 Å². The third-order valence-electron chi connectivity index (χ3n) is 5.19. The first kappa shape index (κ1) is 14.7. The van der Waals surface area contributed by atoms with Crippen LogP contribution in [0.1, 0.15) is 57.6 Å². The Morgan fingerprint density at radius 1 is 1.33 bits per heavy atom. The first-order valence-electron chi connectivity index (χ1n) is 8.30. The van der Waals surface area contributed by atoms with E-state index in [2.05, 4.69) is 31.3 Å². The van der Waals surface area contributed by atoms with Gasteiger partial charge in [-0.25, -0.2) is 0 Å². The number of fused-ring (bicyclic) bond motifs is 1. The summed E-state index contributed by atoms with van der Waals surface area (Å²) in [6, 6.07) is 6.59. The van der Waals surface area contributed by atoms with Crippen LogP contribution in [0.5, 0.6) is 11.5 Å². The molecule has 3 rings (SSSR count). The van der Waals surface area contributed by atoms with Crippen LogP contribution < -0.4 is 14.8 Å². The van der Waals surface area contributed by atoms with E-state index in [4.69, 9.17) is 9.47 Å². The van der Waals surface area contributed by atoms with E-state index in [0.717, 1.165) is 30.4 Å². The number of hydrogen-bond donors (Lipinski definition) is 1. The van der Waals surface area contributed by atoms with E-state index in [0.29, 0.717) is 6.04 Å². The monoisotopic (exact) mass is 289 g/mol. The molecule has 1 fully saturated rings. The van der Waals surface area contributed by atoms with Crippen molar-refractivity contribution in [3.63, 3.8) is 0 Å². The molecular formula is C18H27NO2. The van der Waals surface area contributed by atoms with Gasteiger partial charge < -0.3 is 14.8 Å². The molecule has 1 heterocycles. The van der Waals surface area contributed by atoms with Crippen molar-refractivity contribution in [3.8, 4) is 11.5 Å². The zero-order valence-corrected chi connectivity index (χ0v) is 13.4. The maximum atomic E-state index is 6.49. The third-order valence-corrected chi connectivity index (χ3v) is 5.19. The van der Waals surface area contributed by atoms with Gasteiger partial charge in [0.1, 0.15) is 17.1 Å². The van der Waals surface area contributed by atoms with E-state index >= 15 is 0 Å². The van der Waals surface area contributed by atoms with Gasteiger partial charge >= 0.3 is 0 Å². The average molecular weight is 289 g/mol. The standard InChI is InChI=1S/C18H27NO2/c1-4-13-8-9-18(11-13)12-16(19-5-2)15-10-14(20-3)6-7-17(15)21-18/h6-7,10,13,16,19H,4-5,8-9,11-12H2,1-3H3. The predicted molar refractivity (Wildman–Crippen MR) is 85.0 cm³/mol. The lowest BCUT2D eigenvalue weighted by molar-refractivity contribution is 0.0329. The molecule has 1 aromatic rings. The molecule has 2 aliphatic rings. The zero-order chi connectivity index (χ0) is 14.9. The molecule has 1 aliphatic heterocycles. The predicted octanol–water partition coefficient (Wildman–Crippen LogP) is 4.08. The van der Waals surface area contributed by atoms with Gasteiger partial charge in [0, 0.05) is 18.0 Å². The van der Waals surface area contributed by atoms with Gasteiger partial charge in [0.15, 0.2) is 0 Å². The lowest BCUT2D eigenvalue weighted by Crippen LogP contribution is -2.42. The zero-order valence-electron chi connectivity index (χ0n) is 13.4. The highest BCUT2D eigenvalue weighted by molar-refractivity contribution is 5.44. The minimum absolute atomic E-state index is 0.0507. The fraction of sp³-hybridized carbons (Fsp3) is 0.667. The average Bonchev–Trinajstić information content (AvgIpc) is 2.90. The molecule has 3 unspecified atom stereocenters. The topological polar surface area (TPSA) is 30.5 Å². The fourth-order valence-electron chi connectivity index (χ4n) is 4.03. The van der Waals surface area contributed by atoms with Crippen LogP contribution in [0.3, 0.4) is 0 Å². The summed E-state index contributed by atoms with van der Waals surface area (Å²) in [4.78, 5) is 0. The minimum Gasteiger partial charge on any atom is -0.497 e. The molecule has 1 N–H and O–H groups in total. The highest BCUT2D eigenvalue weighted by atomic mass is 16.5. The van der Waals surface area contributed by atoms with Crippen LogP contribution in [-0.4, -0.2) is 19.3 Å². The quantitative estimate of drug-likeness (QED) is 0.906. The van der Waals surface area contributed by atoms with E-state index < -0.39 is 0 Å². The highest BCUT2D eigenvalue weighted by Gasteiger charge is 2.45. The highest BCUT2D eigenvalue weighted by Crippen LogP contribution is 2.50. The van der Waals surface area contributed by atoms with E-state index in [1.54, 1.807) is 7.11 Å². The van der Waals surface area contributed by atoms with Gasteiger partial charge in [-0.05, 0) is 49.9 Å². The molecule has 21 heavy (non-hydrogen) atoms. The summed E-state index contributed by atoms with van der Waals surface area (Å²) in [5, 5.41) is 3.64. The van der Waals surface area contributed by atoms with E-state index in [1.807, 2.05) is 6.07 Å². The summed E-state index contributed by atoms with van der Waals surface area (Å²) in [5.74, 6) is 2.78. The Morgan fingerprint density at radius 3 is 2.86 bits per heavy atom. The molecule has 1 aromatic carbocycles. The van der Waals surface area contributed by atoms with Gasteiger partial charge in [-0.1, -0.05) is 20.3 Å². The van der Waals surface area contributed by atoms with Gasteiger partial charge in [-0.15, -0.1) is 0 Å². The largest absolute Gasteiger partial charge is 0.497 e. The number of nitrogens with one attached hydrogen (secondary N) is 1. The first-order valence-corrected chi connectivity index (χ1v) is 8.30. The maximum absolute atomic E-state index is 6.49. The van der Waals surface area contributed by atoms with Crippen LogP contribution >= 0.6 is 0 Å². The summed E-state index contributed by atoms with van der Waals surface area (Å²) >= 11 is 0. The molecule has 0 saturated heterocycles. The number of methoxy groups -OCH3 is 1. The SMILES string of the molecule is CCNC1CC2(CCC(CC)C2)Oc2ccc(OC)cc21. The third kappa shape index (κ3) is 2.76. The molecule has 1 spiro atoms. The number of hydrogen-bond acceptors (Lipinski definition) is 3. The number of rotatable bonds is 4. The van der Waals surface area contributed by atoms with Crippen molar-refractivity contribution >= 4 is 0 Å². The maximum Gasteiger partial charge on any atom is 0.125 e.